The molecular weight excluding hydrogens is 328 g/mol. The fraction of sp³-hybridized carbons (Fsp3) is 0.588. The number of ether oxygens (including phenoxy) is 1. The summed E-state index contributed by atoms with van der Waals surface area (Å²) in [4.78, 5) is 12.0. The molecule has 1 aromatic carbocycles. The van der Waals surface area contributed by atoms with E-state index in [1.165, 1.54) is 10.6 Å². The van der Waals surface area contributed by atoms with Crippen LogP contribution >= 0.6 is 0 Å². The van der Waals surface area contributed by atoms with E-state index in [0.717, 1.165) is 25.0 Å². The summed E-state index contributed by atoms with van der Waals surface area (Å²) in [7, 11) is -3.41. The average Bonchev–Trinajstić information content (AvgIpc) is 3.06. The number of benzene rings is 1. The second-order valence-electron chi connectivity index (χ2n) is 6.15. The first kappa shape index (κ1) is 18.9. The average molecular weight is 354 g/mol. The molecule has 2 atom stereocenters. The molecule has 0 aromatic heterocycles. The Bertz CT molecular complexity index is 627. The molecule has 1 fully saturated rings. The summed E-state index contributed by atoms with van der Waals surface area (Å²) >= 11 is 0. The standard InChI is InChI=1S/C17H26N2O4S/c1-14(15-7-4-3-5-8-15)19(24(2,21)22)11-10-17(20)18-13-16-9-6-12-23-16/h3-5,7-8,14,16H,6,9-13H2,1-2H3,(H,18,20). The van der Waals surface area contributed by atoms with Crippen LogP contribution in [-0.2, 0) is 19.6 Å². The SMILES string of the molecule is CC(c1ccccc1)N(CCC(=O)NCC1CCCO1)S(C)(=O)=O. The van der Waals surface area contributed by atoms with Crippen LogP contribution in [0.15, 0.2) is 30.3 Å². The van der Waals surface area contributed by atoms with Gasteiger partial charge in [-0.15, -0.1) is 0 Å². The number of nitrogens with zero attached hydrogens (tertiary/aromatic N) is 1. The fourth-order valence-corrected chi connectivity index (χ4v) is 4.00. The minimum Gasteiger partial charge on any atom is -0.376 e. The Hall–Kier alpha value is -1.44. The number of hydrogen-bond donors (Lipinski definition) is 1. The Balaban J connectivity index is 1.90. The Morgan fingerprint density at radius 2 is 2.08 bits per heavy atom. The van der Waals surface area contributed by atoms with Gasteiger partial charge in [0.25, 0.3) is 0 Å². The minimum absolute atomic E-state index is 0.0863. The maximum Gasteiger partial charge on any atom is 0.221 e. The Morgan fingerprint density at radius 1 is 1.38 bits per heavy atom. The molecule has 1 amide bonds. The molecule has 134 valence electrons. The van der Waals surface area contributed by atoms with Gasteiger partial charge in [-0.1, -0.05) is 30.3 Å². The monoisotopic (exact) mass is 354 g/mol. The topological polar surface area (TPSA) is 75.7 Å². The van der Waals surface area contributed by atoms with Gasteiger partial charge in [0.1, 0.15) is 0 Å². The molecule has 2 rings (SSSR count). The number of carbonyl (C=O) groups excluding carboxylic acids is 1. The van der Waals surface area contributed by atoms with Crippen molar-refractivity contribution in [3.05, 3.63) is 35.9 Å². The molecule has 0 bridgehead atoms. The summed E-state index contributed by atoms with van der Waals surface area (Å²) < 4.78 is 31.0. The van der Waals surface area contributed by atoms with Crippen molar-refractivity contribution in [2.45, 2.75) is 38.3 Å². The van der Waals surface area contributed by atoms with Gasteiger partial charge in [0, 0.05) is 32.2 Å². The third-order valence-corrected chi connectivity index (χ3v) is 5.60. The predicted octanol–water partition coefficient (Wildman–Crippen LogP) is 1.69. The van der Waals surface area contributed by atoms with Gasteiger partial charge >= 0.3 is 0 Å². The summed E-state index contributed by atoms with van der Waals surface area (Å²) in [6.45, 7) is 3.23. The molecule has 0 spiro atoms. The van der Waals surface area contributed by atoms with Crippen LogP contribution in [0.2, 0.25) is 0 Å². The maximum atomic E-state index is 12.1. The molecule has 7 heteroatoms. The highest BCUT2D eigenvalue weighted by Gasteiger charge is 2.25. The lowest BCUT2D eigenvalue weighted by Crippen LogP contribution is -2.38. The first-order valence-corrected chi connectivity index (χ1v) is 10.1. The highest BCUT2D eigenvalue weighted by atomic mass is 32.2. The van der Waals surface area contributed by atoms with Gasteiger partial charge in [-0.05, 0) is 25.3 Å². The summed E-state index contributed by atoms with van der Waals surface area (Å²) in [5.41, 5.74) is 0.905. The lowest BCUT2D eigenvalue weighted by molar-refractivity contribution is -0.121. The molecule has 1 aliphatic heterocycles. The van der Waals surface area contributed by atoms with Crippen LogP contribution in [0.5, 0.6) is 0 Å². The number of rotatable bonds is 8. The van der Waals surface area contributed by atoms with E-state index in [4.69, 9.17) is 4.74 Å². The highest BCUT2D eigenvalue weighted by Crippen LogP contribution is 2.22. The molecule has 1 aliphatic rings. The van der Waals surface area contributed by atoms with Crippen LogP contribution < -0.4 is 5.32 Å². The van der Waals surface area contributed by atoms with Crippen LogP contribution in [0.25, 0.3) is 0 Å². The molecule has 0 saturated carbocycles. The van der Waals surface area contributed by atoms with Gasteiger partial charge in [-0.25, -0.2) is 8.42 Å². The van der Waals surface area contributed by atoms with Crippen molar-refractivity contribution in [2.75, 3.05) is 26.0 Å². The number of amides is 1. The summed E-state index contributed by atoms with van der Waals surface area (Å²) in [6, 6.07) is 9.11. The molecule has 1 saturated heterocycles. The quantitative estimate of drug-likeness (QED) is 0.771. The second-order valence-corrected chi connectivity index (χ2v) is 8.08. The molecule has 1 heterocycles. The number of hydrogen-bond acceptors (Lipinski definition) is 4. The molecule has 1 aromatic rings. The van der Waals surface area contributed by atoms with Gasteiger partial charge in [-0.3, -0.25) is 4.79 Å². The number of carbonyl (C=O) groups is 1. The Labute approximate surface area is 144 Å². The van der Waals surface area contributed by atoms with Gasteiger partial charge in [0.05, 0.1) is 12.4 Å². The van der Waals surface area contributed by atoms with Crippen molar-refractivity contribution in [2.24, 2.45) is 0 Å². The van der Waals surface area contributed by atoms with Crippen molar-refractivity contribution < 1.29 is 17.9 Å². The lowest BCUT2D eigenvalue weighted by atomic mass is 10.1. The second kappa shape index (κ2) is 8.60. The zero-order valence-electron chi connectivity index (χ0n) is 14.3. The van der Waals surface area contributed by atoms with Crippen LogP contribution in [0.1, 0.15) is 37.8 Å². The van der Waals surface area contributed by atoms with E-state index in [2.05, 4.69) is 5.32 Å². The smallest absolute Gasteiger partial charge is 0.221 e. The van der Waals surface area contributed by atoms with E-state index < -0.39 is 10.0 Å². The summed E-state index contributed by atoms with van der Waals surface area (Å²) in [6.07, 6.45) is 3.38. The van der Waals surface area contributed by atoms with Crippen molar-refractivity contribution in [1.29, 1.82) is 0 Å². The zero-order chi connectivity index (χ0) is 17.6. The van der Waals surface area contributed by atoms with Crippen LogP contribution in [0.4, 0.5) is 0 Å². The van der Waals surface area contributed by atoms with E-state index >= 15 is 0 Å². The summed E-state index contributed by atoms with van der Waals surface area (Å²) in [5, 5.41) is 2.82. The maximum absolute atomic E-state index is 12.1. The lowest BCUT2D eigenvalue weighted by Gasteiger charge is -2.27. The van der Waals surface area contributed by atoms with Crippen molar-refractivity contribution in [3.63, 3.8) is 0 Å². The molecular formula is C17H26N2O4S. The molecule has 1 N–H and O–H groups in total. The first-order chi connectivity index (χ1) is 11.4. The number of nitrogens with one attached hydrogen (secondary N) is 1. The van der Waals surface area contributed by atoms with Gasteiger partial charge in [0.15, 0.2) is 0 Å². The summed E-state index contributed by atoms with van der Waals surface area (Å²) in [5.74, 6) is -0.153. The largest absolute Gasteiger partial charge is 0.376 e. The normalized spacial score (nSPS) is 19.4. The van der Waals surface area contributed by atoms with Gasteiger partial charge in [-0.2, -0.15) is 4.31 Å². The molecule has 2 unspecified atom stereocenters. The van der Waals surface area contributed by atoms with Gasteiger partial charge < -0.3 is 10.1 Å². The van der Waals surface area contributed by atoms with Crippen LogP contribution in [0.3, 0.4) is 0 Å². The van der Waals surface area contributed by atoms with E-state index in [1.54, 1.807) is 0 Å². The van der Waals surface area contributed by atoms with E-state index in [0.29, 0.717) is 6.54 Å². The van der Waals surface area contributed by atoms with Crippen molar-refractivity contribution in [3.8, 4) is 0 Å². The molecule has 0 aliphatic carbocycles. The van der Waals surface area contributed by atoms with Crippen LogP contribution in [0, 0.1) is 0 Å². The highest BCUT2D eigenvalue weighted by molar-refractivity contribution is 7.88. The molecule has 6 nitrogen and oxygen atoms in total. The molecule has 24 heavy (non-hydrogen) atoms. The zero-order valence-corrected chi connectivity index (χ0v) is 15.1. The fourth-order valence-electron chi connectivity index (χ4n) is 2.88. The minimum atomic E-state index is -3.41. The number of sulfonamides is 1. The third-order valence-electron chi connectivity index (χ3n) is 4.25. The van der Waals surface area contributed by atoms with Crippen molar-refractivity contribution in [1.82, 2.24) is 9.62 Å². The van der Waals surface area contributed by atoms with E-state index in [1.807, 2.05) is 37.3 Å². The molecule has 0 radical (unpaired) electrons. The third kappa shape index (κ3) is 5.58. The van der Waals surface area contributed by atoms with E-state index in [9.17, 15) is 13.2 Å². The Kier molecular flexibility index (Phi) is 6.77. The first-order valence-electron chi connectivity index (χ1n) is 8.28. The van der Waals surface area contributed by atoms with Crippen LogP contribution in [-0.4, -0.2) is 50.7 Å². The van der Waals surface area contributed by atoms with E-state index in [-0.39, 0.29) is 31.0 Å². The van der Waals surface area contributed by atoms with Crippen molar-refractivity contribution >= 4 is 15.9 Å². The van der Waals surface area contributed by atoms with Gasteiger partial charge in [0.2, 0.25) is 15.9 Å². The predicted molar refractivity (Wildman–Crippen MR) is 93.0 cm³/mol. The Morgan fingerprint density at radius 3 is 2.67 bits per heavy atom.